The normalized spacial score (nSPS) is 18.9. The fourth-order valence-electron chi connectivity index (χ4n) is 3.97. The summed E-state index contributed by atoms with van der Waals surface area (Å²) in [6.45, 7) is 4.09. The molecule has 0 spiro atoms. The first-order valence-electron chi connectivity index (χ1n) is 10.4. The van der Waals surface area contributed by atoms with Crippen molar-refractivity contribution in [3.05, 3.63) is 41.3 Å². The Kier molecular flexibility index (Phi) is 5.63. The van der Waals surface area contributed by atoms with Crippen LogP contribution in [0.25, 0.3) is 0 Å². The maximum atomic E-state index is 13.6. The van der Waals surface area contributed by atoms with Crippen LogP contribution in [-0.4, -0.2) is 47.1 Å². The standard InChI is InChI=1S/C22H27FN6/c1-3-4-16-12-21(29-10-9-19(14-29)28(2)18-6-7-18)27-22(25-16)26-17-5-8-20(23)15(11-17)13-24/h5,8,11-12,18-19H,3-4,6-7,9-10,14H2,1-2H3,(H,25,26,27)/t19-/m0/s1. The maximum Gasteiger partial charge on any atom is 0.229 e. The molecule has 1 atom stereocenters. The summed E-state index contributed by atoms with van der Waals surface area (Å²) in [5, 5.41) is 12.2. The maximum absolute atomic E-state index is 13.6. The van der Waals surface area contributed by atoms with Gasteiger partial charge in [-0.05, 0) is 50.9 Å². The fraction of sp³-hybridized carbons (Fsp3) is 0.500. The van der Waals surface area contributed by atoms with Crippen molar-refractivity contribution in [1.29, 1.82) is 5.26 Å². The molecule has 1 N–H and O–H groups in total. The molecule has 2 aromatic rings. The molecule has 1 aliphatic heterocycles. The molecule has 1 saturated carbocycles. The van der Waals surface area contributed by atoms with Crippen LogP contribution in [-0.2, 0) is 6.42 Å². The molecule has 1 aromatic heterocycles. The topological polar surface area (TPSA) is 68.1 Å². The molecular weight excluding hydrogens is 367 g/mol. The molecule has 0 unspecified atom stereocenters. The second-order valence-corrected chi connectivity index (χ2v) is 8.01. The first-order chi connectivity index (χ1) is 14.1. The molecule has 2 aliphatic rings. The minimum absolute atomic E-state index is 0.00503. The lowest BCUT2D eigenvalue weighted by molar-refractivity contribution is 0.249. The number of hydrogen-bond donors (Lipinski definition) is 1. The van der Waals surface area contributed by atoms with Crippen molar-refractivity contribution in [3.63, 3.8) is 0 Å². The molecule has 0 amide bonds. The number of halogens is 1. The van der Waals surface area contributed by atoms with Gasteiger partial charge in [-0.3, -0.25) is 4.90 Å². The van der Waals surface area contributed by atoms with Gasteiger partial charge >= 0.3 is 0 Å². The molecule has 29 heavy (non-hydrogen) atoms. The van der Waals surface area contributed by atoms with Crippen LogP contribution in [0.1, 0.15) is 43.9 Å². The van der Waals surface area contributed by atoms with Crippen molar-refractivity contribution in [1.82, 2.24) is 14.9 Å². The van der Waals surface area contributed by atoms with Crippen LogP contribution in [0.3, 0.4) is 0 Å². The molecule has 7 heteroatoms. The summed E-state index contributed by atoms with van der Waals surface area (Å²) in [5.41, 5.74) is 1.60. The zero-order chi connectivity index (χ0) is 20.4. The predicted molar refractivity (Wildman–Crippen MR) is 112 cm³/mol. The van der Waals surface area contributed by atoms with E-state index in [9.17, 15) is 4.39 Å². The zero-order valence-electron chi connectivity index (χ0n) is 17.0. The van der Waals surface area contributed by atoms with E-state index in [4.69, 9.17) is 10.2 Å². The lowest BCUT2D eigenvalue weighted by Crippen LogP contribution is -2.36. The van der Waals surface area contributed by atoms with Crippen LogP contribution in [0.5, 0.6) is 0 Å². The fourth-order valence-corrected chi connectivity index (χ4v) is 3.97. The Labute approximate surface area is 171 Å². The van der Waals surface area contributed by atoms with Crippen molar-refractivity contribution < 1.29 is 4.39 Å². The SMILES string of the molecule is CCCc1cc(N2CC[C@H](N(C)C3CC3)C2)nc(Nc2ccc(F)c(C#N)c2)n1. The minimum atomic E-state index is -0.526. The van der Waals surface area contributed by atoms with Gasteiger partial charge < -0.3 is 10.2 Å². The van der Waals surface area contributed by atoms with E-state index in [0.29, 0.717) is 17.7 Å². The first kappa shape index (κ1) is 19.6. The molecule has 0 bridgehead atoms. The minimum Gasteiger partial charge on any atom is -0.355 e. The third-order valence-electron chi connectivity index (χ3n) is 5.80. The summed E-state index contributed by atoms with van der Waals surface area (Å²) >= 11 is 0. The summed E-state index contributed by atoms with van der Waals surface area (Å²) in [4.78, 5) is 14.2. The Morgan fingerprint density at radius 3 is 2.79 bits per heavy atom. The molecule has 4 rings (SSSR count). The number of likely N-dealkylation sites (N-methyl/N-ethyl adjacent to an activating group) is 1. The van der Waals surface area contributed by atoms with Gasteiger partial charge in [0.25, 0.3) is 0 Å². The van der Waals surface area contributed by atoms with Gasteiger partial charge in [0.05, 0.1) is 5.56 Å². The lowest BCUT2D eigenvalue weighted by atomic mass is 10.2. The quantitative estimate of drug-likeness (QED) is 0.769. The molecule has 1 aromatic carbocycles. The highest BCUT2D eigenvalue weighted by atomic mass is 19.1. The third kappa shape index (κ3) is 4.48. The second-order valence-electron chi connectivity index (χ2n) is 8.01. The van der Waals surface area contributed by atoms with Crippen molar-refractivity contribution >= 4 is 17.5 Å². The highest BCUT2D eigenvalue weighted by Gasteiger charge is 2.35. The van der Waals surface area contributed by atoms with E-state index >= 15 is 0 Å². The Hall–Kier alpha value is -2.72. The van der Waals surface area contributed by atoms with Crippen LogP contribution in [0, 0.1) is 17.1 Å². The van der Waals surface area contributed by atoms with E-state index in [2.05, 4.69) is 40.1 Å². The molecule has 2 heterocycles. The molecular formula is C22H27FN6. The number of nitrogens with zero attached hydrogens (tertiary/aromatic N) is 5. The van der Waals surface area contributed by atoms with Crippen molar-refractivity contribution in [2.24, 2.45) is 0 Å². The largest absolute Gasteiger partial charge is 0.355 e. The molecule has 6 nitrogen and oxygen atoms in total. The van der Waals surface area contributed by atoms with Gasteiger partial charge in [-0.2, -0.15) is 10.2 Å². The van der Waals surface area contributed by atoms with Crippen molar-refractivity contribution in [3.8, 4) is 6.07 Å². The van der Waals surface area contributed by atoms with E-state index in [0.717, 1.165) is 49.9 Å². The summed E-state index contributed by atoms with van der Waals surface area (Å²) < 4.78 is 13.6. The molecule has 1 aliphatic carbocycles. The van der Waals surface area contributed by atoms with Gasteiger partial charge in [0.2, 0.25) is 5.95 Å². The highest BCUT2D eigenvalue weighted by Crippen LogP contribution is 2.31. The number of aromatic nitrogens is 2. The van der Waals surface area contributed by atoms with Crippen molar-refractivity contribution in [2.75, 3.05) is 30.4 Å². The van der Waals surface area contributed by atoms with E-state index in [1.54, 1.807) is 6.07 Å². The van der Waals surface area contributed by atoms with Gasteiger partial charge in [0.1, 0.15) is 17.7 Å². The number of aryl methyl sites for hydroxylation is 1. The highest BCUT2D eigenvalue weighted by molar-refractivity contribution is 5.58. The van der Waals surface area contributed by atoms with Crippen LogP contribution < -0.4 is 10.2 Å². The van der Waals surface area contributed by atoms with E-state index in [-0.39, 0.29) is 5.56 Å². The number of anilines is 3. The average Bonchev–Trinajstić information content (AvgIpc) is 3.45. The number of rotatable bonds is 7. The van der Waals surface area contributed by atoms with E-state index < -0.39 is 5.82 Å². The third-order valence-corrected chi connectivity index (χ3v) is 5.80. The van der Waals surface area contributed by atoms with Gasteiger partial charge in [-0.15, -0.1) is 0 Å². The summed E-state index contributed by atoms with van der Waals surface area (Å²) in [6, 6.07) is 9.65. The number of benzene rings is 1. The summed E-state index contributed by atoms with van der Waals surface area (Å²) in [7, 11) is 2.24. The molecule has 1 saturated heterocycles. The van der Waals surface area contributed by atoms with Crippen LogP contribution in [0.15, 0.2) is 24.3 Å². The van der Waals surface area contributed by atoms with Gasteiger partial charge in [-0.1, -0.05) is 13.3 Å². The van der Waals surface area contributed by atoms with E-state index in [1.165, 1.54) is 25.0 Å². The molecule has 152 valence electrons. The Morgan fingerprint density at radius 1 is 1.24 bits per heavy atom. The van der Waals surface area contributed by atoms with Crippen molar-refractivity contribution in [2.45, 2.75) is 51.1 Å². The number of nitriles is 1. The molecule has 0 radical (unpaired) electrons. The van der Waals surface area contributed by atoms with Crippen LogP contribution in [0.2, 0.25) is 0 Å². The van der Waals surface area contributed by atoms with Gasteiger partial charge in [0.15, 0.2) is 0 Å². The molecule has 2 fully saturated rings. The summed E-state index contributed by atoms with van der Waals surface area (Å²) in [6.07, 6.45) is 5.65. The monoisotopic (exact) mass is 394 g/mol. The van der Waals surface area contributed by atoms with Crippen LogP contribution >= 0.6 is 0 Å². The first-order valence-corrected chi connectivity index (χ1v) is 10.4. The number of nitrogens with one attached hydrogen (secondary N) is 1. The van der Waals surface area contributed by atoms with Gasteiger partial charge in [0, 0.05) is 42.6 Å². The van der Waals surface area contributed by atoms with Crippen LogP contribution in [0.4, 0.5) is 21.8 Å². The lowest BCUT2D eigenvalue weighted by Gasteiger charge is -2.25. The summed E-state index contributed by atoms with van der Waals surface area (Å²) in [5.74, 6) is 0.892. The van der Waals surface area contributed by atoms with E-state index in [1.807, 2.05) is 6.07 Å². The average molecular weight is 394 g/mol. The Morgan fingerprint density at radius 2 is 2.07 bits per heavy atom. The zero-order valence-corrected chi connectivity index (χ0v) is 17.0. The Bertz CT molecular complexity index is 920. The Balaban J connectivity index is 1.55. The number of hydrogen-bond acceptors (Lipinski definition) is 6. The smallest absolute Gasteiger partial charge is 0.229 e. The second kappa shape index (κ2) is 8.34. The predicted octanol–water partition coefficient (Wildman–Crippen LogP) is 3.86. The van der Waals surface area contributed by atoms with Gasteiger partial charge in [-0.25, -0.2) is 9.37 Å².